The van der Waals surface area contributed by atoms with Gasteiger partial charge in [0, 0.05) is 0 Å². The first-order chi connectivity index (χ1) is 7.58. The fourth-order valence-electron chi connectivity index (χ4n) is 1.40. The maximum atomic E-state index is 11.9. The largest absolute Gasteiger partial charge is 0.479 e. The molecule has 1 heterocycles. The molecule has 0 spiro atoms. The van der Waals surface area contributed by atoms with Gasteiger partial charge in [-0.1, -0.05) is 0 Å². The summed E-state index contributed by atoms with van der Waals surface area (Å²) in [4.78, 5) is 24.0. The standard InChI is InChI=1S/C11H17NO5/c1-7-12(9(15)17-10(2,3)4)11(5,6-16-7)8(13)14/h1,6H2,2-5H3,(H,13,14)/t11-/m0/s1. The van der Waals surface area contributed by atoms with Crippen LogP contribution in [0.5, 0.6) is 0 Å². The van der Waals surface area contributed by atoms with Crippen molar-refractivity contribution in [3.63, 3.8) is 0 Å². The van der Waals surface area contributed by atoms with Crippen molar-refractivity contribution in [3.05, 3.63) is 12.5 Å². The molecule has 0 aromatic carbocycles. The molecule has 0 aromatic rings. The molecule has 0 aromatic heterocycles. The molecule has 96 valence electrons. The van der Waals surface area contributed by atoms with Crippen LogP contribution in [0.25, 0.3) is 0 Å². The van der Waals surface area contributed by atoms with Crippen LogP contribution in [0.1, 0.15) is 27.7 Å². The van der Waals surface area contributed by atoms with Gasteiger partial charge in [-0.3, -0.25) is 0 Å². The average Bonchev–Trinajstić information content (AvgIpc) is 2.40. The van der Waals surface area contributed by atoms with Crippen LogP contribution >= 0.6 is 0 Å². The molecular formula is C11H17NO5. The first-order valence-corrected chi connectivity index (χ1v) is 5.16. The predicted octanol–water partition coefficient (Wildman–Crippen LogP) is 1.57. The smallest absolute Gasteiger partial charge is 0.418 e. The summed E-state index contributed by atoms with van der Waals surface area (Å²) < 4.78 is 10.1. The Hall–Kier alpha value is -1.72. The second-order valence-electron chi connectivity index (χ2n) is 5.08. The summed E-state index contributed by atoms with van der Waals surface area (Å²) in [5, 5.41) is 9.14. The fourth-order valence-corrected chi connectivity index (χ4v) is 1.40. The van der Waals surface area contributed by atoms with E-state index in [-0.39, 0.29) is 12.5 Å². The van der Waals surface area contributed by atoms with Gasteiger partial charge in [-0.25, -0.2) is 14.5 Å². The third kappa shape index (κ3) is 2.51. The summed E-state index contributed by atoms with van der Waals surface area (Å²) >= 11 is 0. The van der Waals surface area contributed by atoms with Crippen molar-refractivity contribution in [2.75, 3.05) is 6.61 Å². The normalized spacial score (nSPS) is 24.5. The van der Waals surface area contributed by atoms with E-state index >= 15 is 0 Å². The minimum Gasteiger partial charge on any atom is -0.479 e. The summed E-state index contributed by atoms with van der Waals surface area (Å²) in [6.45, 7) is 9.84. The molecule has 1 rings (SSSR count). The van der Waals surface area contributed by atoms with Crippen molar-refractivity contribution in [1.82, 2.24) is 4.90 Å². The van der Waals surface area contributed by atoms with Gasteiger partial charge in [0.15, 0.2) is 11.4 Å². The van der Waals surface area contributed by atoms with E-state index in [0.29, 0.717) is 0 Å². The van der Waals surface area contributed by atoms with E-state index in [1.807, 2.05) is 0 Å². The van der Waals surface area contributed by atoms with Gasteiger partial charge in [0.05, 0.1) is 0 Å². The molecule has 1 atom stereocenters. The number of nitrogens with zero attached hydrogens (tertiary/aromatic N) is 1. The number of aliphatic carboxylic acids is 1. The minimum absolute atomic E-state index is 0.0100. The zero-order chi connectivity index (χ0) is 13.4. The first kappa shape index (κ1) is 13.3. The van der Waals surface area contributed by atoms with Gasteiger partial charge < -0.3 is 14.6 Å². The Kier molecular flexibility index (Phi) is 3.09. The lowest BCUT2D eigenvalue weighted by Crippen LogP contribution is -2.53. The molecule has 1 saturated heterocycles. The molecule has 0 radical (unpaired) electrons. The Balaban J connectivity index is 2.97. The highest BCUT2D eigenvalue weighted by atomic mass is 16.6. The molecule has 0 unspecified atom stereocenters. The van der Waals surface area contributed by atoms with Crippen LogP contribution in [-0.4, -0.2) is 39.8 Å². The van der Waals surface area contributed by atoms with E-state index in [2.05, 4.69) is 6.58 Å². The number of carbonyl (C=O) groups is 2. The van der Waals surface area contributed by atoms with E-state index < -0.39 is 23.2 Å². The second kappa shape index (κ2) is 3.94. The molecule has 1 fully saturated rings. The lowest BCUT2D eigenvalue weighted by Gasteiger charge is -2.30. The predicted molar refractivity (Wildman–Crippen MR) is 59.2 cm³/mol. The molecule has 17 heavy (non-hydrogen) atoms. The molecule has 1 amide bonds. The monoisotopic (exact) mass is 243 g/mol. The third-order valence-electron chi connectivity index (χ3n) is 2.30. The number of carboxylic acids is 1. The van der Waals surface area contributed by atoms with Crippen molar-refractivity contribution < 1.29 is 24.2 Å². The van der Waals surface area contributed by atoms with Gasteiger partial charge in [0.2, 0.25) is 0 Å². The molecule has 1 N–H and O–H groups in total. The number of hydrogen-bond acceptors (Lipinski definition) is 4. The average molecular weight is 243 g/mol. The lowest BCUT2D eigenvalue weighted by molar-refractivity contribution is -0.147. The Labute approximate surface area is 99.8 Å². The van der Waals surface area contributed by atoms with Gasteiger partial charge in [0.25, 0.3) is 0 Å². The highest BCUT2D eigenvalue weighted by Crippen LogP contribution is 2.31. The highest BCUT2D eigenvalue weighted by Gasteiger charge is 2.51. The summed E-state index contributed by atoms with van der Waals surface area (Å²) in [5.41, 5.74) is -2.18. The van der Waals surface area contributed by atoms with E-state index in [0.717, 1.165) is 4.90 Å². The Morgan fingerprint density at radius 1 is 1.53 bits per heavy atom. The van der Waals surface area contributed by atoms with E-state index in [1.54, 1.807) is 20.8 Å². The number of rotatable bonds is 1. The van der Waals surface area contributed by atoms with E-state index in [1.165, 1.54) is 6.92 Å². The summed E-state index contributed by atoms with van der Waals surface area (Å²) in [7, 11) is 0. The van der Waals surface area contributed by atoms with Crippen LogP contribution in [0.4, 0.5) is 4.79 Å². The maximum absolute atomic E-state index is 11.9. The lowest BCUT2D eigenvalue weighted by atomic mass is 10.0. The Morgan fingerprint density at radius 2 is 2.06 bits per heavy atom. The van der Waals surface area contributed by atoms with Gasteiger partial charge in [-0.15, -0.1) is 0 Å². The van der Waals surface area contributed by atoms with Gasteiger partial charge >= 0.3 is 12.1 Å². The molecule has 0 bridgehead atoms. The number of ether oxygens (including phenoxy) is 2. The highest BCUT2D eigenvalue weighted by molar-refractivity contribution is 5.86. The number of carboxylic acid groups (broad SMARTS) is 1. The van der Waals surface area contributed by atoms with Crippen LogP contribution < -0.4 is 0 Å². The van der Waals surface area contributed by atoms with Gasteiger partial charge in [0.1, 0.15) is 12.2 Å². The molecule has 1 aliphatic heterocycles. The van der Waals surface area contributed by atoms with Crippen molar-refractivity contribution >= 4 is 12.1 Å². The molecule has 1 aliphatic rings. The van der Waals surface area contributed by atoms with Crippen LogP contribution in [0.3, 0.4) is 0 Å². The third-order valence-corrected chi connectivity index (χ3v) is 2.30. The quantitative estimate of drug-likeness (QED) is 0.756. The van der Waals surface area contributed by atoms with Crippen molar-refractivity contribution in [2.45, 2.75) is 38.8 Å². The fraction of sp³-hybridized carbons (Fsp3) is 0.636. The van der Waals surface area contributed by atoms with Crippen LogP contribution in [0, 0.1) is 0 Å². The topological polar surface area (TPSA) is 76.1 Å². The molecule has 0 saturated carbocycles. The summed E-state index contributed by atoms with van der Waals surface area (Å²) in [6, 6.07) is 0. The van der Waals surface area contributed by atoms with Crippen molar-refractivity contribution in [2.24, 2.45) is 0 Å². The van der Waals surface area contributed by atoms with Gasteiger partial charge in [-0.2, -0.15) is 0 Å². The van der Waals surface area contributed by atoms with Crippen LogP contribution in [-0.2, 0) is 14.3 Å². The van der Waals surface area contributed by atoms with Crippen molar-refractivity contribution in [3.8, 4) is 0 Å². The zero-order valence-corrected chi connectivity index (χ0v) is 10.4. The molecule has 6 heteroatoms. The number of amides is 1. The molecule has 0 aliphatic carbocycles. The molecular weight excluding hydrogens is 226 g/mol. The van der Waals surface area contributed by atoms with Crippen LogP contribution in [0.2, 0.25) is 0 Å². The SMILES string of the molecule is C=C1OC[C@@](C)(C(=O)O)N1C(=O)OC(C)(C)C. The van der Waals surface area contributed by atoms with E-state index in [4.69, 9.17) is 14.6 Å². The number of carbonyl (C=O) groups excluding carboxylic acids is 1. The summed E-state index contributed by atoms with van der Waals surface area (Å²) in [5.74, 6) is -1.17. The van der Waals surface area contributed by atoms with Crippen molar-refractivity contribution in [1.29, 1.82) is 0 Å². The minimum atomic E-state index is -1.47. The zero-order valence-electron chi connectivity index (χ0n) is 10.4. The van der Waals surface area contributed by atoms with Crippen LogP contribution in [0.15, 0.2) is 12.5 Å². The summed E-state index contributed by atoms with van der Waals surface area (Å²) in [6.07, 6.45) is -0.773. The van der Waals surface area contributed by atoms with E-state index in [9.17, 15) is 9.59 Å². The number of hydrogen-bond donors (Lipinski definition) is 1. The van der Waals surface area contributed by atoms with Gasteiger partial charge in [-0.05, 0) is 34.3 Å². The maximum Gasteiger partial charge on any atom is 0.418 e. The second-order valence-corrected chi connectivity index (χ2v) is 5.08. The Bertz CT molecular complexity index is 371. The first-order valence-electron chi connectivity index (χ1n) is 5.16. The Morgan fingerprint density at radius 3 is 2.47 bits per heavy atom. The molecule has 6 nitrogen and oxygen atoms in total.